The third-order valence-corrected chi connectivity index (χ3v) is 4.53. The fourth-order valence-electron chi connectivity index (χ4n) is 2.68. The zero-order chi connectivity index (χ0) is 16.7. The molecule has 5 nitrogen and oxygen atoms in total. The maximum absolute atomic E-state index is 5.94. The van der Waals surface area contributed by atoms with Gasteiger partial charge in [-0.15, -0.1) is 0 Å². The van der Waals surface area contributed by atoms with Crippen molar-refractivity contribution in [2.24, 2.45) is 4.99 Å². The fourth-order valence-corrected chi connectivity index (χ4v) is 2.68. The Kier molecular flexibility index (Phi) is 6.71. The van der Waals surface area contributed by atoms with Gasteiger partial charge in [0.1, 0.15) is 11.9 Å². The lowest BCUT2D eigenvalue weighted by Crippen LogP contribution is -2.45. The van der Waals surface area contributed by atoms with Crippen molar-refractivity contribution >= 4 is 5.96 Å². The molecule has 1 aliphatic heterocycles. The second-order valence-electron chi connectivity index (χ2n) is 6.17. The lowest BCUT2D eigenvalue weighted by Gasteiger charge is -2.24. The Balaban J connectivity index is 1.68. The molecule has 0 fully saturated rings. The van der Waals surface area contributed by atoms with E-state index in [1.807, 2.05) is 12.1 Å². The average molecular weight is 318 g/mol. The molecule has 1 heterocycles. The molecule has 2 atom stereocenters. The Hall–Kier alpha value is -1.75. The van der Waals surface area contributed by atoms with Crippen molar-refractivity contribution in [2.45, 2.75) is 38.8 Å². The zero-order valence-corrected chi connectivity index (χ0v) is 14.8. The topological polar surface area (TPSA) is 48.9 Å². The van der Waals surface area contributed by atoms with E-state index in [-0.39, 0.29) is 6.10 Å². The van der Waals surface area contributed by atoms with Crippen LogP contribution in [0.3, 0.4) is 0 Å². The minimum absolute atomic E-state index is 0.175. The average Bonchev–Trinajstić information content (AvgIpc) is 2.99. The highest BCUT2D eigenvalue weighted by Crippen LogP contribution is 2.27. The first kappa shape index (κ1) is 17.6. The molecule has 1 aromatic carbocycles. The molecule has 128 valence electrons. The highest BCUT2D eigenvalue weighted by molar-refractivity contribution is 5.79. The van der Waals surface area contributed by atoms with Crippen LogP contribution in [0.25, 0.3) is 0 Å². The van der Waals surface area contributed by atoms with Gasteiger partial charge in [0.25, 0.3) is 0 Å². The fraction of sp³-hybridized carbons (Fsp3) is 0.611. The van der Waals surface area contributed by atoms with E-state index in [4.69, 9.17) is 4.74 Å². The van der Waals surface area contributed by atoms with Crippen LogP contribution in [-0.4, -0.2) is 56.7 Å². The van der Waals surface area contributed by atoms with Crippen LogP contribution < -0.4 is 15.4 Å². The molecule has 0 saturated carbocycles. The van der Waals surface area contributed by atoms with Gasteiger partial charge in [0.15, 0.2) is 5.96 Å². The summed E-state index contributed by atoms with van der Waals surface area (Å²) >= 11 is 0. The summed E-state index contributed by atoms with van der Waals surface area (Å²) in [6.45, 7) is 7.11. The number of nitrogens with zero attached hydrogens (tertiary/aromatic N) is 2. The monoisotopic (exact) mass is 318 g/mol. The Morgan fingerprint density at radius 3 is 2.87 bits per heavy atom. The maximum Gasteiger partial charge on any atom is 0.191 e. The molecule has 0 saturated heterocycles. The Morgan fingerprint density at radius 2 is 2.17 bits per heavy atom. The number of benzene rings is 1. The summed E-state index contributed by atoms with van der Waals surface area (Å²) in [5.41, 5.74) is 1.29. The number of para-hydroxylation sites is 1. The molecule has 0 aliphatic carbocycles. The summed E-state index contributed by atoms with van der Waals surface area (Å²) in [5.74, 6) is 1.85. The molecule has 2 unspecified atom stereocenters. The molecule has 0 bridgehead atoms. The van der Waals surface area contributed by atoms with Crippen molar-refractivity contribution in [3.63, 3.8) is 0 Å². The van der Waals surface area contributed by atoms with Crippen LogP contribution >= 0.6 is 0 Å². The predicted molar refractivity (Wildman–Crippen MR) is 96.3 cm³/mol. The number of hydrogen-bond donors (Lipinski definition) is 2. The molecule has 23 heavy (non-hydrogen) atoms. The van der Waals surface area contributed by atoms with Gasteiger partial charge in [0.2, 0.25) is 0 Å². The van der Waals surface area contributed by atoms with Crippen molar-refractivity contribution in [1.29, 1.82) is 0 Å². The zero-order valence-electron chi connectivity index (χ0n) is 14.8. The Bertz CT molecular complexity index is 492. The minimum atomic E-state index is 0.175. The largest absolute Gasteiger partial charge is 0.488 e. The standard InChI is InChI=1S/C18H30N4O/c1-5-14(2)22(4)11-10-20-18(19-3)21-13-16-12-15-8-6-7-9-17(15)23-16/h6-9,14,16H,5,10-13H2,1-4H3,(H2,19,20,21). The lowest BCUT2D eigenvalue weighted by molar-refractivity contribution is 0.234. The van der Waals surface area contributed by atoms with Gasteiger partial charge in [-0.3, -0.25) is 4.99 Å². The summed E-state index contributed by atoms with van der Waals surface area (Å²) in [6.07, 6.45) is 2.30. The van der Waals surface area contributed by atoms with Crippen LogP contribution in [0.1, 0.15) is 25.8 Å². The molecule has 2 rings (SSSR count). The normalized spacial score (nSPS) is 18.5. The van der Waals surface area contributed by atoms with Gasteiger partial charge in [-0.2, -0.15) is 0 Å². The smallest absolute Gasteiger partial charge is 0.191 e. The first-order valence-electron chi connectivity index (χ1n) is 8.53. The summed E-state index contributed by atoms with van der Waals surface area (Å²) in [7, 11) is 3.97. The summed E-state index contributed by atoms with van der Waals surface area (Å²) in [6, 6.07) is 8.85. The third-order valence-electron chi connectivity index (χ3n) is 4.53. The van der Waals surface area contributed by atoms with Crippen molar-refractivity contribution in [3.8, 4) is 5.75 Å². The van der Waals surface area contributed by atoms with E-state index >= 15 is 0 Å². The van der Waals surface area contributed by atoms with Crippen molar-refractivity contribution in [1.82, 2.24) is 15.5 Å². The number of aliphatic imine (C=N–C) groups is 1. The number of fused-ring (bicyclic) bond motifs is 1. The van der Waals surface area contributed by atoms with E-state index in [1.165, 1.54) is 12.0 Å². The van der Waals surface area contributed by atoms with E-state index in [1.54, 1.807) is 7.05 Å². The SMILES string of the molecule is CCC(C)N(C)CCNC(=NC)NCC1Cc2ccccc2O1. The molecule has 0 spiro atoms. The van der Waals surface area contributed by atoms with Crippen LogP contribution in [0, 0.1) is 0 Å². The van der Waals surface area contributed by atoms with Crippen LogP contribution in [0.5, 0.6) is 5.75 Å². The van der Waals surface area contributed by atoms with E-state index in [2.05, 4.69) is 53.6 Å². The van der Waals surface area contributed by atoms with Crippen LogP contribution in [0.4, 0.5) is 0 Å². The quantitative estimate of drug-likeness (QED) is 0.595. The second kappa shape index (κ2) is 8.77. The van der Waals surface area contributed by atoms with Gasteiger partial charge < -0.3 is 20.3 Å². The van der Waals surface area contributed by atoms with Crippen molar-refractivity contribution in [2.75, 3.05) is 33.7 Å². The van der Waals surface area contributed by atoms with Gasteiger partial charge in [0, 0.05) is 32.6 Å². The second-order valence-corrected chi connectivity index (χ2v) is 6.17. The van der Waals surface area contributed by atoms with E-state index in [9.17, 15) is 0 Å². The van der Waals surface area contributed by atoms with Gasteiger partial charge in [-0.25, -0.2) is 0 Å². The summed E-state index contributed by atoms with van der Waals surface area (Å²) < 4.78 is 5.94. The number of ether oxygens (including phenoxy) is 1. The van der Waals surface area contributed by atoms with Gasteiger partial charge >= 0.3 is 0 Å². The highest BCUT2D eigenvalue weighted by atomic mass is 16.5. The molecule has 1 aromatic rings. The highest BCUT2D eigenvalue weighted by Gasteiger charge is 2.22. The Morgan fingerprint density at radius 1 is 1.39 bits per heavy atom. The first-order valence-corrected chi connectivity index (χ1v) is 8.53. The molecule has 1 aliphatic rings. The lowest BCUT2D eigenvalue weighted by atomic mass is 10.1. The van der Waals surface area contributed by atoms with Crippen molar-refractivity contribution in [3.05, 3.63) is 29.8 Å². The minimum Gasteiger partial charge on any atom is -0.488 e. The van der Waals surface area contributed by atoms with E-state index in [0.717, 1.165) is 37.8 Å². The Labute approximate surface area is 140 Å². The van der Waals surface area contributed by atoms with Crippen LogP contribution in [0.15, 0.2) is 29.3 Å². The van der Waals surface area contributed by atoms with E-state index in [0.29, 0.717) is 6.04 Å². The number of nitrogens with one attached hydrogen (secondary N) is 2. The number of likely N-dealkylation sites (N-methyl/N-ethyl adjacent to an activating group) is 1. The summed E-state index contributed by atoms with van der Waals surface area (Å²) in [4.78, 5) is 6.64. The molecule has 5 heteroatoms. The maximum atomic E-state index is 5.94. The molecular weight excluding hydrogens is 288 g/mol. The first-order chi connectivity index (χ1) is 11.1. The van der Waals surface area contributed by atoms with Gasteiger partial charge in [0.05, 0.1) is 6.54 Å². The van der Waals surface area contributed by atoms with Crippen molar-refractivity contribution < 1.29 is 4.74 Å². The van der Waals surface area contributed by atoms with E-state index < -0.39 is 0 Å². The van der Waals surface area contributed by atoms with Crippen LogP contribution in [0.2, 0.25) is 0 Å². The van der Waals surface area contributed by atoms with Gasteiger partial charge in [-0.05, 0) is 32.0 Å². The molecule has 2 N–H and O–H groups in total. The molecular formula is C18H30N4O. The number of hydrogen-bond acceptors (Lipinski definition) is 3. The predicted octanol–water partition coefficient (Wildman–Crippen LogP) is 1.89. The number of guanidine groups is 1. The third kappa shape index (κ3) is 5.13. The number of rotatable bonds is 7. The molecule has 0 amide bonds. The molecule has 0 aromatic heterocycles. The summed E-state index contributed by atoms with van der Waals surface area (Å²) in [5, 5.41) is 6.72. The van der Waals surface area contributed by atoms with Crippen LogP contribution in [-0.2, 0) is 6.42 Å². The molecule has 0 radical (unpaired) electrons. The van der Waals surface area contributed by atoms with Gasteiger partial charge in [-0.1, -0.05) is 25.1 Å².